The van der Waals surface area contributed by atoms with Crippen molar-refractivity contribution in [1.29, 1.82) is 0 Å². The molecule has 0 fully saturated rings. The fourth-order valence-electron chi connectivity index (χ4n) is 1.53. The van der Waals surface area contributed by atoms with Crippen LogP contribution in [0.1, 0.15) is 24.5 Å². The molecule has 0 heterocycles. The molecule has 0 aliphatic heterocycles. The van der Waals surface area contributed by atoms with E-state index in [4.69, 9.17) is 10.5 Å². The molecular formula is C14H18F3NO. The minimum absolute atomic E-state index is 0.0931. The minimum Gasteiger partial charge on any atom is -0.489 e. The van der Waals surface area contributed by atoms with Gasteiger partial charge < -0.3 is 10.5 Å². The summed E-state index contributed by atoms with van der Waals surface area (Å²) in [5, 5.41) is 0. The van der Waals surface area contributed by atoms with Crippen LogP contribution in [0.25, 0.3) is 0 Å². The van der Waals surface area contributed by atoms with Crippen molar-refractivity contribution in [2.24, 2.45) is 5.73 Å². The third-order valence-electron chi connectivity index (χ3n) is 2.71. The molecule has 0 radical (unpaired) electrons. The second-order valence-electron chi connectivity index (χ2n) is 4.26. The minimum atomic E-state index is -4.44. The van der Waals surface area contributed by atoms with Crippen LogP contribution in [0.3, 0.4) is 0 Å². The molecule has 0 bridgehead atoms. The first-order chi connectivity index (χ1) is 8.88. The van der Waals surface area contributed by atoms with E-state index in [1.54, 1.807) is 6.07 Å². The van der Waals surface area contributed by atoms with Crippen LogP contribution in [-0.2, 0) is 12.6 Å². The smallest absolute Gasteiger partial charge is 0.419 e. The monoisotopic (exact) mass is 273 g/mol. The summed E-state index contributed by atoms with van der Waals surface area (Å²) in [5.74, 6) is -0.164. The molecule has 0 atom stereocenters. The summed E-state index contributed by atoms with van der Waals surface area (Å²) in [6.45, 7) is 5.98. The Morgan fingerprint density at radius 2 is 2.05 bits per heavy atom. The first-order valence-electron chi connectivity index (χ1n) is 6.08. The molecule has 1 aromatic rings. The number of ether oxygens (including phenoxy) is 1. The van der Waals surface area contributed by atoms with Gasteiger partial charge in [-0.15, -0.1) is 0 Å². The highest BCUT2D eigenvalue weighted by molar-refractivity contribution is 5.39. The maximum atomic E-state index is 12.9. The van der Waals surface area contributed by atoms with Crippen LogP contribution >= 0.6 is 0 Å². The second kappa shape index (κ2) is 6.61. The van der Waals surface area contributed by atoms with E-state index in [2.05, 4.69) is 6.58 Å². The summed E-state index contributed by atoms with van der Waals surface area (Å²) < 4.78 is 44.0. The Labute approximate surface area is 111 Å². The Balaban J connectivity index is 2.99. The standard InChI is InChI=1S/C14H18F3NO/c1-3-10(2)9-19-13-5-4-11(6-7-18)8-12(13)14(15,16)17/h4-5,8H,2-3,6-7,9,18H2,1H3. The molecular weight excluding hydrogens is 255 g/mol. The van der Waals surface area contributed by atoms with Crippen molar-refractivity contribution >= 4 is 0 Å². The number of alkyl halides is 3. The molecule has 5 heteroatoms. The van der Waals surface area contributed by atoms with Crippen molar-refractivity contribution in [2.45, 2.75) is 25.9 Å². The molecule has 0 aromatic heterocycles. The van der Waals surface area contributed by atoms with Crippen molar-refractivity contribution in [3.63, 3.8) is 0 Å². The molecule has 2 N–H and O–H groups in total. The summed E-state index contributed by atoms with van der Waals surface area (Å²) in [5.41, 5.74) is 5.89. The van der Waals surface area contributed by atoms with Crippen molar-refractivity contribution < 1.29 is 17.9 Å². The normalized spacial score (nSPS) is 11.4. The van der Waals surface area contributed by atoms with Gasteiger partial charge in [0, 0.05) is 0 Å². The number of hydrogen-bond acceptors (Lipinski definition) is 2. The molecule has 1 rings (SSSR count). The predicted octanol–water partition coefficient (Wildman–Crippen LogP) is 3.55. The summed E-state index contributed by atoms with van der Waals surface area (Å²) in [6, 6.07) is 4.04. The van der Waals surface area contributed by atoms with Gasteiger partial charge in [0.15, 0.2) is 0 Å². The third kappa shape index (κ3) is 4.59. The van der Waals surface area contributed by atoms with E-state index in [9.17, 15) is 13.2 Å². The lowest BCUT2D eigenvalue weighted by Gasteiger charge is -2.15. The van der Waals surface area contributed by atoms with Crippen LogP contribution in [0.5, 0.6) is 5.75 Å². The largest absolute Gasteiger partial charge is 0.489 e. The number of hydrogen-bond donors (Lipinski definition) is 1. The number of rotatable bonds is 6. The Bertz CT molecular complexity index is 441. The van der Waals surface area contributed by atoms with Crippen LogP contribution < -0.4 is 10.5 Å². The first-order valence-corrected chi connectivity index (χ1v) is 6.08. The highest BCUT2D eigenvalue weighted by Gasteiger charge is 2.34. The fourth-order valence-corrected chi connectivity index (χ4v) is 1.53. The Morgan fingerprint density at radius 1 is 1.37 bits per heavy atom. The molecule has 2 nitrogen and oxygen atoms in total. The van der Waals surface area contributed by atoms with Gasteiger partial charge in [0.1, 0.15) is 12.4 Å². The second-order valence-corrected chi connectivity index (χ2v) is 4.26. The lowest BCUT2D eigenvalue weighted by molar-refractivity contribution is -0.138. The molecule has 0 aliphatic carbocycles. The Hall–Kier alpha value is -1.49. The van der Waals surface area contributed by atoms with Crippen molar-refractivity contribution in [1.82, 2.24) is 0 Å². The van der Waals surface area contributed by atoms with Gasteiger partial charge in [0.05, 0.1) is 5.56 Å². The van der Waals surface area contributed by atoms with Crippen LogP contribution in [-0.4, -0.2) is 13.2 Å². The quantitative estimate of drug-likeness (QED) is 0.804. The highest BCUT2D eigenvalue weighted by atomic mass is 19.4. The zero-order valence-electron chi connectivity index (χ0n) is 10.9. The highest BCUT2D eigenvalue weighted by Crippen LogP contribution is 2.37. The van der Waals surface area contributed by atoms with Crippen molar-refractivity contribution in [2.75, 3.05) is 13.2 Å². The van der Waals surface area contributed by atoms with Crippen molar-refractivity contribution in [3.05, 3.63) is 41.5 Å². The zero-order valence-corrected chi connectivity index (χ0v) is 10.9. The maximum absolute atomic E-state index is 12.9. The average molecular weight is 273 g/mol. The SMILES string of the molecule is C=C(CC)COc1ccc(CCN)cc1C(F)(F)F. The van der Waals surface area contributed by atoms with Gasteiger partial charge in [0.2, 0.25) is 0 Å². The third-order valence-corrected chi connectivity index (χ3v) is 2.71. The Kier molecular flexibility index (Phi) is 5.42. The number of benzene rings is 1. The molecule has 1 aromatic carbocycles. The van der Waals surface area contributed by atoms with E-state index in [1.807, 2.05) is 6.92 Å². The molecule has 0 unspecified atom stereocenters. The van der Waals surface area contributed by atoms with Gasteiger partial charge in [-0.25, -0.2) is 0 Å². The van der Waals surface area contributed by atoms with Crippen LogP contribution in [0.15, 0.2) is 30.4 Å². The average Bonchev–Trinajstić information content (AvgIpc) is 2.36. The van der Waals surface area contributed by atoms with Gasteiger partial charge in [-0.2, -0.15) is 13.2 Å². The fraction of sp³-hybridized carbons (Fsp3) is 0.429. The zero-order chi connectivity index (χ0) is 14.5. The van der Waals surface area contributed by atoms with Gasteiger partial charge in [-0.1, -0.05) is 19.6 Å². The van der Waals surface area contributed by atoms with E-state index < -0.39 is 11.7 Å². The van der Waals surface area contributed by atoms with Crippen LogP contribution in [0.2, 0.25) is 0 Å². The van der Waals surface area contributed by atoms with Gasteiger partial charge >= 0.3 is 6.18 Å². The molecule has 0 saturated carbocycles. The molecule has 106 valence electrons. The molecule has 19 heavy (non-hydrogen) atoms. The van der Waals surface area contributed by atoms with Crippen molar-refractivity contribution in [3.8, 4) is 5.75 Å². The molecule has 0 spiro atoms. The topological polar surface area (TPSA) is 35.2 Å². The molecule has 0 aliphatic rings. The summed E-state index contributed by atoms with van der Waals surface area (Å²) in [4.78, 5) is 0. The lowest BCUT2D eigenvalue weighted by atomic mass is 10.1. The van der Waals surface area contributed by atoms with Gasteiger partial charge in [0.25, 0.3) is 0 Å². The van der Waals surface area contributed by atoms with Gasteiger partial charge in [-0.3, -0.25) is 0 Å². The summed E-state index contributed by atoms with van der Waals surface area (Å²) >= 11 is 0. The Morgan fingerprint density at radius 3 is 2.58 bits per heavy atom. The summed E-state index contributed by atoms with van der Waals surface area (Å²) in [6.07, 6.45) is -3.36. The first kappa shape index (κ1) is 15.6. The lowest BCUT2D eigenvalue weighted by Crippen LogP contribution is -2.11. The van der Waals surface area contributed by atoms with E-state index >= 15 is 0 Å². The predicted molar refractivity (Wildman–Crippen MR) is 69.1 cm³/mol. The van der Waals surface area contributed by atoms with Gasteiger partial charge in [-0.05, 0) is 42.7 Å². The van der Waals surface area contributed by atoms with E-state index in [0.29, 0.717) is 24.9 Å². The van der Waals surface area contributed by atoms with Crippen LogP contribution in [0.4, 0.5) is 13.2 Å². The van der Waals surface area contributed by atoms with E-state index in [0.717, 1.165) is 11.6 Å². The van der Waals surface area contributed by atoms with E-state index in [1.165, 1.54) is 6.07 Å². The number of nitrogens with two attached hydrogens (primary N) is 1. The van der Waals surface area contributed by atoms with Crippen LogP contribution in [0, 0.1) is 0 Å². The maximum Gasteiger partial charge on any atom is 0.419 e. The molecule has 0 amide bonds. The molecule has 0 saturated heterocycles. The van der Waals surface area contributed by atoms with E-state index in [-0.39, 0.29) is 12.4 Å². The summed E-state index contributed by atoms with van der Waals surface area (Å²) in [7, 11) is 0. The number of halogens is 3.